The maximum absolute atomic E-state index is 6.09. The van der Waals surface area contributed by atoms with E-state index in [4.69, 9.17) is 9.47 Å². The van der Waals surface area contributed by atoms with Crippen molar-refractivity contribution in [2.24, 2.45) is 23.2 Å². The fraction of sp³-hybridized carbons (Fsp3) is 1.00. The lowest BCUT2D eigenvalue weighted by atomic mass is 9.93. The first-order valence-corrected chi connectivity index (χ1v) is 6.76. The number of hydrogen-bond acceptors (Lipinski definition) is 2. The highest BCUT2D eigenvalue weighted by Crippen LogP contribution is 2.54. The van der Waals surface area contributed by atoms with Crippen molar-refractivity contribution in [1.29, 1.82) is 0 Å². The smallest absolute Gasteiger partial charge is 0.168 e. The summed E-state index contributed by atoms with van der Waals surface area (Å²) in [6, 6.07) is 0. The van der Waals surface area contributed by atoms with Crippen molar-refractivity contribution in [2.45, 2.75) is 52.2 Å². The van der Waals surface area contributed by atoms with Crippen LogP contribution in [-0.4, -0.2) is 19.0 Å². The van der Waals surface area contributed by atoms with Crippen LogP contribution in [0.15, 0.2) is 0 Å². The van der Waals surface area contributed by atoms with E-state index in [1.54, 1.807) is 0 Å². The Morgan fingerprint density at radius 2 is 1.44 bits per heavy atom. The van der Waals surface area contributed by atoms with E-state index in [0.717, 1.165) is 43.8 Å². The van der Waals surface area contributed by atoms with Crippen molar-refractivity contribution in [3.63, 3.8) is 0 Å². The van der Waals surface area contributed by atoms with Gasteiger partial charge >= 0.3 is 0 Å². The summed E-state index contributed by atoms with van der Waals surface area (Å²) in [6.07, 6.45) is 5.08. The molecule has 2 heteroatoms. The molecule has 3 rings (SSSR count). The molecule has 3 aliphatic rings. The number of rotatable bonds is 0. The first-order valence-electron chi connectivity index (χ1n) is 6.76. The third-order valence-corrected chi connectivity index (χ3v) is 4.68. The highest BCUT2D eigenvalue weighted by Gasteiger charge is 2.52. The molecule has 0 radical (unpaired) electrons. The Balaban J connectivity index is 1.66. The second-order valence-corrected chi connectivity index (χ2v) is 7.16. The maximum Gasteiger partial charge on any atom is 0.168 e. The topological polar surface area (TPSA) is 18.5 Å². The van der Waals surface area contributed by atoms with Gasteiger partial charge in [-0.2, -0.15) is 0 Å². The standard InChI is InChI=1S/C14H24O2/c1-10-4-11-6-14(7-12(11)5-10)15-8-13(2,3)9-16-14/h10-12H,4-9H2,1-3H3. The highest BCUT2D eigenvalue weighted by molar-refractivity contribution is 4.97. The van der Waals surface area contributed by atoms with E-state index in [1.807, 2.05) is 0 Å². The maximum atomic E-state index is 6.09. The van der Waals surface area contributed by atoms with Crippen molar-refractivity contribution in [2.75, 3.05) is 13.2 Å². The van der Waals surface area contributed by atoms with Gasteiger partial charge in [0.05, 0.1) is 13.2 Å². The van der Waals surface area contributed by atoms with Crippen molar-refractivity contribution in [1.82, 2.24) is 0 Å². The predicted octanol–water partition coefficient (Wildman–Crippen LogP) is 3.21. The van der Waals surface area contributed by atoms with E-state index in [0.29, 0.717) is 0 Å². The molecule has 0 bridgehead atoms. The van der Waals surface area contributed by atoms with Crippen LogP contribution in [0.2, 0.25) is 0 Å². The molecule has 3 fully saturated rings. The summed E-state index contributed by atoms with van der Waals surface area (Å²) < 4.78 is 12.2. The quantitative estimate of drug-likeness (QED) is 0.629. The van der Waals surface area contributed by atoms with Crippen LogP contribution in [-0.2, 0) is 9.47 Å². The summed E-state index contributed by atoms with van der Waals surface area (Å²) in [6.45, 7) is 8.55. The van der Waals surface area contributed by atoms with Gasteiger partial charge in [0, 0.05) is 18.3 Å². The zero-order chi connectivity index (χ0) is 11.4. The molecule has 2 aliphatic carbocycles. The molecule has 0 aromatic rings. The van der Waals surface area contributed by atoms with Crippen LogP contribution in [0.5, 0.6) is 0 Å². The Labute approximate surface area is 98.7 Å². The average Bonchev–Trinajstić information content (AvgIpc) is 2.66. The van der Waals surface area contributed by atoms with Gasteiger partial charge in [0.1, 0.15) is 0 Å². The van der Waals surface area contributed by atoms with Crippen LogP contribution in [0.1, 0.15) is 46.5 Å². The van der Waals surface area contributed by atoms with Crippen LogP contribution < -0.4 is 0 Å². The largest absolute Gasteiger partial charge is 0.349 e. The third-order valence-electron chi connectivity index (χ3n) is 4.68. The lowest BCUT2D eigenvalue weighted by molar-refractivity contribution is -0.297. The van der Waals surface area contributed by atoms with Gasteiger partial charge in [-0.3, -0.25) is 0 Å². The van der Waals surface area contributed by atoms with E-state index in [1.165, 1.54) is 12.8 Å². The Bertz CT molecular complexity index is 258. The molecule has 2 unspecified atom stereocenters. The highest BCUT2D eigenvalue weighted by atomic mass is 16.7. The summed E-state index contributed by atoms with van der Waals surface area (Å²) in [5, 5.41) is 0. The van der Waals surface area contributed by atoms with Gasteiger partial charge in [-0.15, -0.1) is 0 Å². The Morgan fingerprint density at radius 1 is 0.938 bits per heavy atom. The van der Waals surface area contributed by atoms with Crippen molar-refractivity contribution in [3.05, 3.63) is 0 Å². The normalized spacial score (nSPS) is 44.8. The first kappa shape index (κ1) is 11.0. The minimum absolute atomic E-state index is 0.189. The van der Waals surface area contributed by atoms with E-state index >= 15 is 0 Å². The zero-order valence-electron chi connectivity index (χ0n) is 10.8. The molecule has 0 aromatic heterocycles. The molecule has 2 saturated carbocycles. The summed E-state index contributed by atoms with van der Waals surface area (Å²) in [4.78, 5) is 0. The number of fused-ring (bicyclic) bond motifs is 1. The van der Waals surface area contributed by atoms with Crippen molar-refractivity contribution >= 4 is 0 Å². The van der Waals surface area contributed by atoms with E-state index in [9.17, 15) is 0 Å². The molecular weight excluding hydrogens is 200 g/mol. The summed E-state index contributed by atoms with van der Waals surface area (Å²) in [5.41, 5.74) is 0.205. The van der Waals surface area contributed by atoms with Gasteiger partial charge in [0.2, 0.25) is 0 Å². The van der Waals surface area contributed by atoms with Gasteiger partial charge < -0.3 is 9.47 Å². The molecule has 92 valence electrons. The van der Waals surface area contributed by atoms with Gasteiger partial charge in [-0.1, -0.05) is 20.8 Å². The Hall–Kier alpha value is -0.0800. The minimum Gasteiger partial charge on any atom is -0.349 e. The summed E-state index contributed by atoms with van der Waals surface area (Å²) in [5.74, 6) is 2.48. The lowest BCUT2D eigenvalue weighted by Crippen LogP contribution is -2.46. The van der Waals surface area contributed by atoms with Crippen molar-refractivity contribution < 1.29 is 9.47 Å². The minimum atomic E-state index is -0.189. The van der Waals surface area contributed by atoms with Crippen LogP contribution in [0, 0.1) is 23.2 Å². The monoisotopic (exact) mass is 224 g/mol. The van der Waals surface area contributed by atoms with E-state index < -0.39 is 0 Å². The predicted molar refractivity (Wildman–Crippen MR) is 63.0 cm³/mol. The van der Waals surface area contributed by atoms with Crippen LogP contribution in [0.3, 0.4) is 0 Å². The van der Waals surface area contributed by atoms with E-state index in [2.05, 4.69) is 20.8 Å². The van der Waals surface area contributed by atoms with Crippen LogP contribution in [0.4, 0.5) is 0 Å². The van der Waals surface area contributed by atoms with Gasteiger partial charge in [-0.25, -0.2) is 0 Å². The molecule has 1 aliphatic heterocycles. The van der Waals surface area contributed by atoms with Gasteiger partial charge in [0.25, 0.3) is 0 Å². The summed E-state index contributed by atoms with van der Waals surface area (Å²) in [7, 11) is 0. The molecule has 0 amide bonds. The fourth-order valence-electron chi connectivity index (χ4n) is 3.87. The van der Waals surface area contributed by atoms with Crippen LogP contribution in [0.25, 0.3) is 0 Å². The molecule has 16 heavy (non-hydrogen) atoms. The molecule has 2 nitrogen and oxygen atoms in total. The second kappa shape index (κ2) is 3.46. The number of ether oxygens (including phenoxy) is 2. The fourth-order valence-corrected chi connectivity index (χ4v) is 3.87. The molecular formula is C14H24O2. The van der Waals surface area contributed by atoms with Crippen LogP contribution >= 0.6 is 0 Å². The molecule has 0 N–H and O–H groups in total. The summed E-state index contributed by atoms with van der Waals surface area (Å²) >= 11 is 0. The lowest BCUT2D eigenvalue weighted by Gasteiger charge is -2.42. The number of hydrogen-bond donors (Lipinski definition) is 0. The third kappa shape index (κ3) is 1.80. The molecule has 1 saturated heterocycles. The van der Waals surface area contributed by atoms with Crippen molar-refractivity contribution in [3.8, 4) is 0 Å². The van der Waals surface area contributed by atoms with Gasteiger partial charge in [-0.05, 0) is 30.6 Å². The Morgan fingerprint density at radius 3 is 1.94 bits per heavy atom. The first-order chi connectivity index (χ1) is 7.48. The average molecular weight is 224 g/mol. The van der Waals surface area contributed by atoms with Gasteiger partial charge in [0.15, 0.2) is 5.79 Å². The molecule has 0 aromatic carbocycles. The second-order valence-electron chi connectivity index (χ2n) is 7.16. The molecule has 1 heterocycles. The molecule has 2 atom stereocenters. The van der Waals surface area contributed by atoms with E-state index in [-0.39, 0.29) is 11.2 Å². The molecule has 1 spiro atoms. The Kier molecular flexibility index (Phi) is 2.38. The SMILES string of the molecule is CC1CC2CC3(CC2C1)OCC(C)(C)CO3. The zero-order valence-corrected chi connectivity index (χ0v) is 10.8.